The zero-order valence-electron chi connectivity index (χ0n) is 15.6. The summed E-state index contributed by atoms with van der Waals surface area (Å²) in [5, 5.41) is 17.9. The molecule has 0 fully saturated rings. The van der Waals surface area contributed by atoms with Crippen LogP contribution in [0.3, 0.4) is 0 Å². The summed E-state index contributed by atoms with van der Waals surface area (Å²) in [6.45, 7) is 1.93. The molecule has 0 saturated heterocycles. The Balaban J connectivity index is 1.55. The molecule has 0 spiro atoms. The van der Waals surface area contributed by atoms with Crippen LogP contribution in [0.1, 0.15) is 16.1 Å². The van der Waals surface area contributed by atoms with Gasteiger partial charge >= 0.3 is 0 Å². The lowest BCUT2D eigenvalue weighted by Crippen LogP contribution is -2.16. The molecule has 6 nitrogen and oxygen atoms in total. The van der Waals surface area contributed by atoms with E-state index in [0.717, 1.165) is 33.4 Å². The third-order valence-corrected chi connectivity index (χ3v) is 4.55. The van der Waals surface area contributed by atoms with Crippen LogP contribution in [0.5, 0.6) is 0 Å². The number of anilines is 1. The summed E-state index contributed by atoms with van der Waals surface area (Å²) in [4.78, 5) is 12.4. The first-order valence-electron chi connectivity index (χ1n) is 8.91. The van der Waals surface area contributed by atoms with Crippen LogP contribution in [0.2, 0.25) is 0 Å². The topological polar surface area (TPSA) is 71.6 Å². The lowest BCUT2D eigenvalue weighted by molar-refractivity contribution is 0.101. The SMILES string of the molecule is Cc1cc(N=Nc2cccc3ccccc23)ccc1NC(=O)c1ccnn1C. The summed E-state index contributed by atoms with van der Waals surface area (Å²) < 4.78 is 1.54. The number of hydrogen-bond donors (Lipinski definition) is 1. The Labute approximate surface area is 162 Å². The monoisotopic (exact) mass is 369 g/mol. The predicted molar refractivity (Wildman–Crippen MR) is 110 cm³/mol. The molecule has 0 radical (unpaired) electrons. The largest absolute Gasteiger partial charge is 0.320 e. The van der Waals surface area contributed by atoms with E-state index >= 15 is 0 Å². The molecule has 28 heavy (non-hydrogen) atoms. The van der Waals surface area contributed by atoms with E-state index in [-0.39, 0.29) is 5.91 Å². The molecule has 4 rings (SSSR count). The van der Waals surface area contributed by atoms with Crippen LogP contribution in [-0.4, -0.2) is 15.7 Å². The molecule has 6 heteroatoms. The van der Waals surface area contributed by atoms with Crippen molar-refractivity contribution in [2.45, 2.75) is 6.92 Å². The fourth-order valence-electron chi connectivity index (χ4n) is 3.04. The van der Waals surface area contributed by atoms with E-state index < -0.39 is 0 Å². The molecule has 0 aliphatic rings. The van der Waals surface area contributed by atoms with E-state index in [1.165, 1.54) is 4.68 Å². The first kappa shape index (κ1) is 17.6. The Hall–Kier alpha value is -3.80. The fraction of sp³-hybridized carbons (Fsp3) is 0.0909. The Morgan fingerprint density at radius 2 is 1.82 bits per heavy atom. The fourth-order valence-corrected chi connectivity index (χ4v) is 3.04. The van der Waals surface area contributed by atoms with Crippen molar-refractivity contribution in [3.63, 3.8) is 0 Å². The van der Waals surface area contributed by atoms with Crippen molar-refractivity contribution in [2.24, 2.45) is 17.3 Å². The lowest BCUT2D eigenvalue weighted by Gasteiger charge is -2.09. The quantitative estimate of drug-likeness (QED) is 0.479. The summed E-state index contributed by atoms with van der Waals surface area (Å²) >= 11 is 0. The summed E-state index contributed by atoms with van der Waals surface area (Å²) in [6, 6.07) is 21.3. The number of azo groups is 1. The smallest absolute Gasteiger partial charge is 0.273 e. The predicted octanol–water partition coefficient (Wildman–Crippen LogP) is 5.55. The maximum absolute atomic E-state index is 12.4. The van der Waals surface area contributed by atoms with Crippen molar-refractivity contribution < 1.29 is 4.79 Å². The van der Waals surface area contributed by atoms with Gasteiger partial charge < -0.3 is 5.32 Å². The minimum absolute atomic E-state index is 0.201. The molecule has 0 aliphatic heterocycles. The summed E-state index contributed by atoms with van der Waals surface area (Å²) in [5.41, 5.74) is 3.69. The molecule has 1 amide bonds. The van der Waals surface area contributed by atoms with Gasteiger partial charge in [0, 0.05) is 24.3 Å². The third-order valence-electron chi connectivity index (χ3n) is 4.55. The van der Waals surface area contributed by atoms with Crippen molar-refractivity contribution >= 4 is 33.7 Å². The second-order valence-electron chi connectivity index (χ2n) is 6.49. The first-order chi connectivity index (χ1) is 13.6. The van der Waals surface area contributed by atoms with Gasteiger partial charge in [-0.05, 0) is 48.2 Å². The van der Waals surface area contributed by atoms with Crippen molar-refractivity contribution in [2.75, 3.05) is 5.32 Å². The second-order valence-corrected chi connectivity index (χ2v) is 6.49. The van der Waals surface area contributed by atoms with Crippen LogP contribution in [0.25, 0.3) is 10.8 Å². The molecule has 0 bridgehead atoms. The van der Waals surface area contributed by atoms with Gasteiger partial charge in [-0.25, -0.2) is 0 Å². The Morgan fingerprint density at radius 1 is 1.00 bits per heavy atom. The zero-order valence-corrected chi connectivity index (χ0v) is 15.6. The Morgan fingerprint density at radius 3 is 2.61 bits per heavy atom. The van der Waals surface area contributed by atoms with Gasteiger partial charge in [-0.15, -0.1) is 5.11 Å². The zero-order chi connectivity index (χ0) is 19.5. The molecular formula is C22H19N5O. The maximum Gasteiger partial charge on any atom is 0.273 e. The Kier molecular flexibility index (Phi) is 4.68. The van der Waals surface area contributed by atoms with Gasteiger partial charge in [-0.2, -0.15) is 10.2 Å². The number of carbonyl (C=O) groups excluding carboxylic acids is 1. The van der Waals surface area contributed by atoms with Gasteiger partial charge in [-0.1, -0.05) is 36.4 Å². The highest BCUT2D eigenvalue weighted by atomic mass is 16.2. The number of rotatable bonds is 4. The molecule has 1 N–H and O–H groups in total. The molecule has 3 aromatic carbocycles. The van der Waals surface area contributed by atoms with Gasteiger partial charge in [0.05, 0.1) is 11.4 Å². The van der Waals surface area contributed by atoms with Gasteiger partial charge in [0.25, 0.3) is 5.91 Å². The molecule has 0 unspecified atom stereocenters. The number of fused-ring (bicyclic) bond motifs is 1. The molecule has 0 aliphatic carbocycles. The van der Waals surface area contributed by atoms with Crippen LogP contribution >= 0.6 is 0 Å². The normalized spacial score (nSPS) is 11.2. The van der Waals surface area contributed by atoms with E-state index in [1.54, 1.807) is 19.3 Å². The average Bonchev–Trinajstić information content (AvgIpc) is 3.14. The molecule has 4 aromatic rings. The number of aryl methyl sites for hydroxylation is 2. The highest BCUT2D eigenvalue weighted by Crippen LogP contribution is 2.28. The second kappa shape index (κ2) is 7.44. The number of benzene rings is 3. The number of aromatic nitrogens is 2. The first-order valence-corrected chi connectivity index (χ1v) is 8.91. The molecular weight excluding hydrogens is 350 g/mol. The van der Waals surface area contributed by atoms with Crippen molar-refractivity contribution in [3.05, 3.63) is 84.2 Å². The van der Waals surface area contributed by atoms with Crippen LogP contribution in [0.15, 0.2) is 83.2 Å². The van der Waals surface area contributed by atoms with Crippen molar-refractivity contribution in [1.29, 1.82) is 0 Å². The minimum Gasteiger partial charge on any atom is -0.320 e. The standard InChI is InChI=1S/C22H19N5O/c1-15-14-17(10-11-19(15)24-22(28)21-12-13-23-27(21)2)25-26-20-9-5-7-16-6-3-4-8-18(16)20/h3-14H,1-2H3,(H,24,28). The van der Waals surface area contributed by atoms with Crippen molar-refractivity contribution in [3.8, 4) is 0 Å². The minimum atomic E-state index is -0.201. The highest BCUT2D eigenvalue weighted by Gasteiger charge is 2.11. The lowest BCUT2D eigenvalue weighted by atomic mass is 10.1. The molecule has 0 atom stereocenters. The van der Waals surface area contributed by atoms with Crippen LogP contribution in [0.4, 0.5) is 17.1 Å². The summed E-state index contributed by atoms with van der Waals surface area (Å²) in [7, 11) is 1.73. The van der Waals surface area contributed by atoms with Gasteiger partial charge in [-0.3, -0.25) is 9.48 Å². The van der Waals surface area contributed by atoms with Crippen molar-refractivity contribution in [1.82, 2.24) is 9.78 Å². The molecule has 1 aromatic heterocycles. The van der Waals surface area contributed by atoms with Crippen LogP contribution < -0.4 is 5.32 Å². The third kappa shape index (κ3) is 3.53. The van der Waals surface area contributed by atoms with E-state index in [2.05, 4.69) is 32.8 Å². The average molecular weight is 369 g/mol. The van der Waals surface area contributed by atoms with E-state index in [9.17, 15) is 4.79 Å². The highest BCUT2D eigenvalue weighted by molar-refractivity contribution is 6.03. The number of nitrogens with zero attached hydrogens (tertiary/aromatic N) is 4. The maximum atomic E-state index is 12.4. The number of nitrogens with one attached hydrogen (secondary N) is 1. The molecule has 1 heterocycles. The van der Waals surface area contributed by atoms with E-state index in [0.29, 0.717) is 5.69 Å². The van der Waals surface area contributed by atoms with E-state index in [1.807, 2.05) is 55.5 Å². The van der Waals surface area contributed by atoms with Gasteiger partial charge in [0.15, 0.2) is 0 Å². The summed E-state index contributed by atoms with van der Waals surface area (Å²) in [5.74, 6) is -0.201. The Bertz CT molecular complexity index is 1190. The number of amides is 1. The number of hydrogen-bond acceptors (Lipinski definition) is 4. The van der Waals surface area contributed by atoms with Gasteiger partial charge in [0.2, 0.25) is 0 Å². The van der Waals surface area contributed by atoms with Crippen LogP contribution in [0, 0.1) is 6.92 Å². The van der Waals surface area contributed by atoms with Crippen LogP contribution in [-0.2, 0) is 7.05 Å². The molecule has 0 saturated carbocycles. The summed E-state index contributed by atoms with van der Waals surface area (Å²) in [6.07, 6.45) is 1.60. The van der Waals surface area contributed by atoms with Gasteiger partial charge in [0.1, 0.15) is 5.69 Å². The number of carbonyl (C=O) groups is 1. The molecule has 138 valence electrons. The van der Waals surface area contributed by atoms with E-state index in [4.69, 9.17) is 0 Å².